The molecule has 0 saturated carbocycles. The molecule has 5 nitrogen and oxygen atoms in total. The van der Waals surface area contributed by atoms with Crippen molar-refractivity contribution in [2.45, 2.75) is 77.8 Å². The van der Waals surface area contributed by atoms with Crippen LogP contribution in [0.1, 0.15) is 74.0 Å². The summed E-state index contributed by atoms with van der Waals surface area (Å²) in [4.78, 5) is 1.86. The highest BCUT2D eigenvalue weighted by Crippen LogP contribution is 2.33. The van der Waals surface area contributed by atoms with Crippen molar-refractivity contribution < 1.29 is 0 Å². The largest absolute Gasteiger partial charge is 0.299 e. The molecule has 37 heavy (non-hydrogen) atoms. The van der Waals surface area contributed by atoms with Crippen LogP contribution in [0.4, 0.5) is 0 Å². The molecule has 0 fully saturated rings. The molecule has 0 N–H and O–H groups in total. The van der Waals surface area contributed by atoms with Crippen molar-refractivity contribution in [3.63, 3.8) is 0 Å². The van der Waals surface area contributed by atoms with E-state index in [-0.39, 0.29) is 6.04 Å². The lowest BCUT2D eigenvalue weighted by molar-refractivity contribution is 0.329. The zero-order valence-corrected chi connectivity index (χ0v) is 22.6. The van der Waals surface area contributed by atoms with Gasteiger partial charge in [0.25, 0.3) is 0 Å². The topological polar surface area (TPSA) is 68.6 Å². The Morgan fingerprint density at radius 3 is 2.76 bits per heavy atom. The Bertz CT molecular complexity index is 1340. The number of hydrogen-bond acceptors (Lipinski definition) is 4. The lowest BCUT2D eigenvalue weighted by Crippen LogP contribution is -2.29. The summed E-state index contributed by atoms with van der Waals surface area (Å²) in [6.45, 7) is 8.91. The normalized spacial score (nSPS) is 15.5. The minimum Gasteiger partial charge on any atom is -0.299 e. The van der Waals surface area contributed by atoms with Crippen molar-refractivity contribution in [2.24, 2.45) is 0 Å². The Labute approximate surface area is 225 Å². The molecule has 4 rings (SSSR count). The van der Waals surface area contributed by atoms with Crippen molar-refractivity contribution >= 4 is 22.9 Å². The van der Waals surface area contributed by atoms with E-state index in [1.165, 1.54) is 29.5 Å². The van der Waals surface area contributed by atoms with E-state index in [0.717, 1.165) is 41.1 Å². The molecule has 1 atom stereocenters. The van der Waals surface area contributed by atoms with Gasteiger partial charge in [0, 0.05) is 6.42 Å². The van der Waals surface area contributed by atoms with Gasteiger partial charge < -0.3 is 0 Å². The molecule has 0 radical (unpaired) electrons. The highest BCUT2D eigenvalue weighted by Gasteiger charge is 2.22. The standard InChI is InChI=1S/C31H34ClN5/c1-4-29-30(32)31(22(2)9-8-18-33)37(35-29)28-13-7-12-25(16-17-28)23(3)36(21-34)20-24-14-15-26-10-5-6-11-27(26)19-24/h7,12-15,17,19,23H,2,4-6,8-11,16,20H2,1,3H3. The Hall–Kier alpha value is -3.54. The molecule has 0 amide bonds. The van der Waals surface area contributed by atoms with Crippen LogP contribution in [-0.2, 0) is 25.8 Å². The maximum absolute atomic E-state index is 10.0. The lowest BCUT2D eigenvalue weighted by Gasteiger charge is -2.26. The predicted molar refractivity (Wildman–Crippen MR) is 150 cm³/mol. The molecular formula is C31H34ClN5. The molecule has 2 aromatic rings. The maximum atomic E-state index is 10.0. The van der Waals surface area contributed by atoms with Crippen molar-refractivity contribution in [3.8, 4) is 12.3 Å². The molecule has 0 bridgehead atoms. The summed E-state index contributed by atoms with van der Waals surface area (Å²) in [6, 6.07) is 8.85. The van der Waals surface area contributed by atoms with Crippen molar-refractivity contribution in [2.75, 3.05) is 0 Å². The Balaban J connectivity index is 1.53. The van der Waals surface area contributed by atoms with E-state index in [2.05, 4.69) is 56.1 Å². The molecule has 1 aromatic heterocycles. The van der Waals surface area contributed by atoms with Crippen LogP contribution in [0.5, 0.6) is 0 Å². The number of rotatable bonds is 9. The third-order valence-corrected chi connectivity index (χ3v) is 7.77. The predicted octanol–water partition coefficient (Wildman–Crippen LogP) is 7.39. The average molecular weight is 512 g/mol. The molecule has 0 aliphatic heterocycles. The summed E-state index contributed by atoms with van der Waals surface area (Å²) in [5.41, 5.74) is 8.54. The first-order valence-electron chi connectivity index (χ1n) is 13.1. The van der Waals surface area contributed by atoms with Crippen LogP contribution in [0.25, 0.3) is 11.3 Å². The molecule has 6 heteroatoms. The quantitative estimate of drug-likeness (QED) is 0.260. The molecule has 1 heterocycles. The number of fused-ring (bicyclic) bond motifs is 1. The van der Waals surface area contributed by atoms with Crippen molar-refractivity contribution in [3.05, 3.63) is 87.8 Å². The number of aryl methyl sites for hydroxylation is 3. The zero-order chi connectivity index (χ0) is 26.4. The summed E-state index contributed by atoms with van der Waals surface area (Å²) in [5, 5.41) is 24.4. The SMILES string of the molecule is C=C(CCC#N)c1c(Cl)c(CC)nn1C1=CCC(C(C)N(C#N)Cc2ccc3c(c2)CCCC3)=CC=C1. The third-order valence-electron chi connectivity index (χ3n) is 7.37. The zero-order valence-electron chi connectivity index (χ0n) is 21.8. The van der Waals surface area contributed by atoms with Crippen molar-refractivity contribution in [1.82, 2.24) is 14.7 Å². The Morgan fingerprint density at radius 1 is 1.24 bits per heavy atom. The van der Waals surface area contributed by atoms with Crippen LogP contribution >= 0.6 is 11.6 Å². The highest BCUT2D eigenvalue weighted by molar-refractivity contribution is 6.33. The van der Waals surface area contributed by atoms with Crippen LogP contribution in [0.3, 0.4) is 0 Å². The second-order valence-corrected chi connectivity index (χ2v) is 10.2. The fourth-order valence-electron chi connectivity index (χ4n) is 5.12. The summed E-state index contributed by atoms with van der Waals surface area (Å²) < 4.78 is 1.86. The average Bonchev–Trinajstić information content (AvgIpc) is 3.08. The Morgan fingerprint density at radius 2 is 2.03 bits per heavy atom. The van der Waals surface area contributed by atoms with E-state index in [1.54, 1.807) is 0 Å². The highest BCUT2D eigenvalue weighted by atomic mass is 35.5. The molecule has 2 aliphatic rings. The van der Waals surface area contributed by atoms with E-state index in [9.17, 15) is 5.26 Å². The van der Waals surface area contributed by atoms with Gasteiger partial charge in [-0.05, 0) is 85.8 Å². The number of halogens is 1. The van der Waals surface area contributed by atoms with E-state index in [1.807, 2.05) is 28.7 Å². The van der Waals surface area contributed by atoms with E-state index < -0.39 is 0 Å². The van der Waals surface area contributed by atoms with Crippen LogP contribution < -0.4 is 0 Å². The van der Waals surface area contributed by atoms with Gasteiger partial charge in [-0.2, -0.15) is 15.6 Å². The molecule has 1 aromatic carbocycles. The lowest BCUT2D eigenvalue weighted by atomic mass is 9.90. The molecule has 190 valence electrons. The summed E-state index contributed by atoms with van der Waals surface area (Å²) in [6.07, 6.45) is 17.8. The van der Waals surface area contributed by atoms with Crippen LogP contribution in [0.2, 0.25) is 5.02 Å². The number of hydrogen-bond donors (Lipinski definition) is 0. The number of nitrogens with zero attached hydrogens (tertiary/aromatic N) is 5. The second kappa shape index (κ2) is 12.1. The smallest absolute Gasteiger partial charge is 0.180 e. The summed E-state index contributed by atoms with van der Waals surface area (Å²) in [7, 11) is 0. The fourth-order valence-corrected chi connectivity index (χ4v) is 5.51. The molecule has 1 unspecified atom stereocenters. The number of allylic oxidation sites excluding steroid dienone is 6. The molecular weight excluding hydrogens is 478 g/mol. The van der Waals surface area contributed by atoms with Crippen LogP contribution in [-0.4, -0.2) is 20.7 Å². The fraction of sp³-hybridized carbons (Fsp3) is 0.387. The summed E-state index contributed by atoms with van der Waals surface area (Å²) >= 11 is 6.69. The van der Waals surface area contributed by atoms with Gasteiger partial charge in [-0.1, -0.05) is 61.5 Å². The van der Waals surface area contributed by atoms with E-state index in [0.29, 0.717) is 37.3 Å². The van der Waals surface area contributed by atoms with Gasteiger partial charge in [0.15, 0.2) is 6.19 Å². The minimum absolute atomic E-state index is 0.0428. The van der Waals surface area contributed by atoms with E-state index >= 15 is 0 Å². The molecule has 2 aliphatic carbocycles. The van der Waals surface area contributed by atoms with Gasteiger partial charge in [-0.25, -0.2) is 4.68 Å². The number of benzene rings is 1. The molecule has 0 saturated heterocycles. The van der Waals surface area contributed by atoms with Crippen LogP contribution in [0, 0.1) is 22.8 Å². The van der Waals surface area contributed by atoms with Gasteiger partial charge in [-0.15, -0.1) is 0 Å². The first kappa shape index (κ1) is 26.5. The van der Waals surface area contributed by atoms with E-state index in [4.69, 9.17) is 22.0 Å². The van der Waals surface area contributed by atoms with Gasteiger partial charge >= 0.3 is 0 Å². The second-order valence-electron chi connectivity index (χ2n) is 9.78. The first-order valence-corrected chi connectivity index (χ1v) is 13.5. The molecule has 0 spiro atoms. The van der Waals surface area contributed by atoms with Crippen molar-refractivity contribution in [1.29, 1.82) is 10.5 Å². The monoisotopic (exact) mass is 511 g/mol. The summed E-state index contributed by atoms with van der Waals surface area (Å²) in [5.74, 6) is 0. The van der Waals surface area contributed by atoms with Gasteiger partial charge in [0.2, 0.25) is 0 Å². The Kier molecular flexibility index (Phi) is 8.70. The third kappa shape index (κ3) is 5.90. The first-order chi connectivity index (χ1) is 18.0. The number of nitriles is 2. The maximum Gasteiger partial charge on any atom is 0.180 e. The van der Waals surface area contributed by atoms with Crippen LogP contribution in [0.15, 0.2) is 54.7 Å². The number of aromatic nitrogens is 2. The van der Waals surface area contributed by atoms with Gasteiger partial charge in [0.1, 0.15) is 0 Å². The van der Waals surface area contributed by atoms with Gasteiger partial charge in [0.05, 0.1) is 40.8 Å². The van der Waals surface area contributed by atoms with Gasteiger partial charge in [-0.3, -0.25) is 4.90 Å². The minimum atomic E-state index is -0.0428.